The predicted octanol–water partition coefficient (Wildman–Crippen LogP) is 1.33. The lowest BCUT2D eigenvalue weighted by molar-refractivity contribution is -0.384. The number of aliphatic carboxylic acids is 1. The Morgan fingerprint density at radius 1 is 1.24 bits per heavy atom. The molecule has 2 atom stereocenters. The van der Waals surface area contributed by atoms with Gasteiger partial charge in [0.2, 0.25) is 5.91 Å². The molecule has 9 nitrogen and oxygen atoms in total. The molecule has 136 valence electrons. The molecule has 0 saturated carbocycles. The number of nitrogens with zero attached hydrogens (tertiary/aromatic N) is 1. The smallest absolute Gasteiger partial charge is 0.326 e. The second-order valence-electron chi connectivity index (χ2n) is 5.58. The van der Waals surface area contributed by atoms with Gasteiger partial charge < -0.3 is 15.7 Å². The second-order valence-corrected chi connectivity index (χ2v) is 5.58. The van der Waals surface area contributed by atoms with Crippen LogP contribution in [0.4, 0.5) is 5.69 Å². The summed E-state index contributed by atoms with van der Waals surface area (Å²) in [5.74, 6) is -2.26. The first-order valence-corrected chi connectivity index (χ1v) is 7.81. The van der Waals surface area contributed by atoms with Crippen LogP contribution in [-0.2, 0) is 9.59 Å². The minimum atomic E-state index is -1.10. The molecule has 0 unspecified atom stereocenters. The quantitative estimate of drug-likeness (QED) is 0.453. The number of rotatable bonds is 9. The average Bonchev–Trinajstić information content (AvgIpc) is 2.58. The molecule has 0 fully saturated rings. The van der Waals surface area contributed by atoms with Gasteiger partial charge in [0.15, 0.2) is 0 Å². The lowest BCUT2D eigenvalue weighted by atomic mass is 9.99. The average molecular weight is 351 g/mol. The van der Waals surface area contributed by atoms with Gasteiger partial charge in [-0.25, -0.2) is 4.79 Å². The van der Waals surface area contributed by atoms with E-state index in [1.165, 1.54) is 24.3 Å². The van der Waals surface area contributed by atoms with Crippen LogP contribution in [0.5, 0.6) is 0 Å². The van der Waals surface area contributed by atoms with Crippen molar-refractivity contribution in [1.82, 2.24) is 10.6 Å². The van der Waals surface area contributed by atoms with Gasteiger partial charge >= 0.3 is 5.97 Å². The van der Waals surface area contributed by atoms with Gasteiger partial charge in [0.25, 0.3) is 11.6 Å². The number of hydrogen-bond acceptors (Lipinski definition) is 5. The fourth-order valence-electron chi connectivity index (χ4n) is 2.05. The highest BCUT2D eigenvalue weighted by atomic mass is 16.6. The van der Waals surface area contributed by atoms with Crippen molar-refractivity contribution in [3.8, 4) is 0 Å². The van der Waals surface area contributed by atoms with E-state index in [1.807, 2.05) is 6.92 Å². The fraction of sp³-hybridized carbons (Fsp3) is 0.438. The number of amides is 2. The Morgan fingerprint density at radius 3 is 2.32 bits per heavy atom. The van der Waals surface area contributed by atoms with Gasteiger partial charge in [-0.2, -0.15) is 0 Å². The van der Waals surface area contributed by atoms with Crippen LogP contribution in [0.3, 0.4) is 0 Å². The van der Waals surface area contributed by atoms with Crippen molar-refractivity contribution in [3.05, 3.63) is 39.9 Å². The minimum absolute atomic E-state index is 0.0223. The van der Waals surface area contributed by atoms with Crippen molar-refractivity contribution in [2.24, 2.45) is 5.92 Å². The summed E-state index contributed by atoms with van der Waals surface area (Å²) in [7, 11) is 0. The second kappa shape index (κ2) is 9.36. The van der Waals surface area contributed by atoms with Crippen LogP contribution in [0.15, 0.2) is 24.3 Å². The van der Waals surface area contributed by atoms with Crippen molar-refractivity contribution in [1.29, 1.82) is 0 Å². The number of benzene rings is 1. The topological polar surface area (TPSA) is 139 Å². The van der Waals surface area contributed by atoms with Gasteiger partial charge in [0.1, 0.15) is 6.04 Å². The molecule has 25 heavy (non-hydrogen) atoms. The molecule has 1 aromatic rings. The SMILES string of the molecule is CC[C@H](C)[C@H](NC(=O)CCNC(=O)c1ccc([N+](=O)[O-])cc1)C(=O)O. The van der Waals surface area contributed by atoms with E-state index in [1.54, 1.807) is 6.92 Å². The number of nitrogens with one attached hydrogen (secondary N) is 2. The van der Waals surface area contributed by atoms with Crippen LogP contribution in [0, 0.1) is 16.0 Å². The Morgan fingerprint density at radius 2 is 1.84 bits per heavy atom. The first-order valence-electron chi connectivity index (χ1n) is 7.81. The molecule has 0 aliphatic carbocycles. The molecule has 1 rings (SSSR count). The van der Waals surface area contributed by atoms with Crippen LogP contribution in [-0.4, -0.2) is 40.4 Å². The Balaban J connectivity index is 2.47. The molecular formula is C16H21N3O6. The van der Waals surface area contributed by atoms with E-state index < -0.39 is 28.7 Å². The van der Waals surface area contributed by atoms with Crippen molar-refractivity contribution >= 4 is 23.5 Å². The van der Waals surface area contributed by atoms with E-state index in [0.29, 0.717) is 6.42 Å². The van der Waals surface area contributed by atoms with Crippen molar-refractivity contribution in [2.75, 3.05) is 6.54 Å². The van der Waals surface area contributed by atoms with E-state index in [-0.39, 0.29) is 30.1 Å². The maximum Gasteiger partial charge on any atom is 0.326 e. The molecule has 0 aliphatic heterocycles. The number of hydrogen-bond donors (Lipinski definition) is 3. The van der Waals surface area contributed by atoms with E-state index in [4.69, 9.17) is 5.11 Å². The lowest BCUT2D eigenvalue weighted by Gasteiger charge is -2.20. The van der Waals surface area contributed by atoms with Crippen LogP contribution in [0.25, 0.3) is 0 Å². The molecule has 9 heteroatoms. The molecule has 2 amide bonds. The molecule has 0 bridgehead atoms. The van der Waals surface area contributed by atoms with Crippen LogP contribution >= 0.6 is 0 Å². The first kappa shape index (κ1) is 20.1. The number of carboxylic acid groups (broad SMARTS) is 1. The van der Waals surface area contributed by atoms with Crippen LogP contribution in [0.1, 0.15) is 37.0 Å². The third-order valence-electron chi connectivity index (χ3n) is 3.77. The van der Waals surface area contributed by atoms with E-state index in [0.717, 1.165) is 0 Å². The molecule has 1 aromatic carbocycles. The van der Waals surface area contributed by atoms with Gasteiger partial charge in [-0.15, -0.1) is 0 Å². The van der Waals surface area contributed by atoms with Gasteiger partial charge in [-0.05, 0) is 18.1 Å². The Labute approximate surface area is 144 Å². The Kier molecular flexibility index (Phi) is 7.51. The Bertz CT molecular complexity index is 644. The fourth-order valence-corrected chi connectivity index (χ4v) is 2.05. The maximum atomic E-state index is 11.9. The number of carboxylic acids is 1. The highest BCUT2D eigenvalue weighted by Gasteiger charge is 2.25. The zero-order valence-corrected chi connectivity index (χ0v) is 14.0. The molecule has 0 spiro atoms. The van der Waals surface area contributed by atoms with Gasteiger partial charge in [0, 0.05) is 30.7 Å². The molecule has 0 radical (unpaired) electrons. The number of nitro benzene ring substituents is 1. The zero-order chi connectivity index (χ0) is 19.0. The normalized spacial score (nSPS) is 12.7. The number of carbonyl (C=O) groups is 3. The van der Waals surface area contributed by atoms with Gasteiger partial charge in [0.05, 0.1) is 4.92 Å². The van der Waals surface area contributed by atoms with E-state index in [9.17, 15) is 24.5 Å². The summed E-state index contributed by atoms with van der Waals surface area (Å²) in [5, 5.41) is 24.6. The van der Waals surface area contributed by atoms with Crippen molar-refractivity contribution in [3.63, 3.8) is 0 Å². The number of nitro groups is 1. The molecule has 3 N–H and O–H groups in total. The first-order chi connectivity index (χ1) is 11.8. The summed E-state index contributed by atoms with van der Waals surface area (Å²) in [6.45, 7) is 3.58. The minimum Gasteiger partial charge on any atom is -0.480 e. The summed E-state index contributed by atoms with van der Waals surface area (Å²) in [6, 6.07) is 4.09. The summed E-state index contributed by atoms with van der Waals surface area (Å²) in [4.78, 5) is 44.8. The molecule has 0 heterocycles. The largest absolute Gasteiger partial charge is 0.480 e. The monoisotopic (exact) mass is 351 g/mol. The van der Waals surface area contributed by atoms with Crippen LogP contribution in [0.2, 0.25) is 0 Å². The summed E-state index contributed by atoms with van der Waals surface area (Å²) in [5.41, 5.74) is 0.106. The van der Waals surface area contributed by atoms with E-state index in [2.05, 4.69) is 10.6 Å². The predicted molar refractivity (Wildman–Crippen MR) is 89.1 cm³/mol. The highest BCUT2D eigenvalue weighted by molar-refractivity contribution is 5.94. The summed E-state index contributed by atoms with van der Waals surface area (Å²) >= 11 is 0. The molecular weight excluding hydrogens is 330 g/mol. The van der Waals surface area contributed by atoms with Gasteiger partial charge in [-0.1, -0.05) is 20.3 Å². The molecule has 0 aromatic heterocycles. The number of non-ortho nitro benzene ring substituents is 1. The highest BCUT2D eigenvalue weighted by Crippen LogP contribution is 2.11. The van der Waals surface area contributed by atoms with Gasteiger partial charge in [-0.3, -0.25) is 19.7 Å². The standard InChI is InChI=1S/C16H21N3O6/c1-3-10(2)14(16(22)23)18-13(20)8-9-17-15(21)11-4-6-12(7-5-11)19(24)25/h4-7,10,14H,3,8-9H2,1-2H3,(H,17,21)(H,18,20)(H,22,23)/t10-,14-/m0/s1. The zero-order valence-electron chi connectivity index (χ0n) is 14.0. The lowest BCUT2D eigenvalue weighted by Crippen LogP contribution is -2.45. The third kappa shape index (κ3) is 6.21. The molecule has 0 saturated heterocycles. The maximum absolute atomic E-state index is 11.9. The molecule has 0 aliphatic rings. The van der Waals surface area contributed by atoms with E-state index >= 15 is 0 Å². The Hall–Kier alpha value is -2.97. The summed E-state index contributed by atoms with van der Waals surface area (Å²) in [6.07, 6.45) is 0.535. The summed E-state index contributed by atoms with van der Waals surface area (Å²) < 4.78 is 0. The van der Waals surface area contributed by atoms with Crippen LogP contribution < -0.4 is 10.6 Å². The third-order valence-corrected chi connectivity index (χ3v) is 3.77. The number of carbonyl (C=O) groups excluding carboxylic acids is 2. The van der Waals surface area contributed by atoms with Crippen molar-refractivity contribution < 1.29 is 24.4 Å². The van der Waals surface area contributed by atoms with Crippen molar-refractivity contribution in [2.45, 2.75) is 32.7 Å².